The van der Waals surface area contributed by atoms with Gasteiger partial charge in [-0.3, -0.25) is 9.59 Å². The molecule has 0 unspecified atom stereocenters. The van der Waals surface area contributed by atoms with Crippen molar-refractivity contribution in [3.8, 4) is 11.5 Å². The summed E-state index contributed by atoms with van der Waals surface area (Å²) in [6.45, 7) is 1.90. The molecular weight excluding hydrogens is 429 g/mol. The molecule has 1 saturated carbocycles. The number of aromatic amines is 1. The summed E-state index contributed by atoms with van der Waals surface area (Å²) in [7, 11) is 0. The van der Waals surface area contributed by atoms with Gasteiger partial charge in [-0.05, 0) is 25.0 Å². The molecule has 2 fully saturated rings. The van der Waals surface area contributed by atoms with E-state index in [0.717, 1.165) is 6.07 Å². The predicted octanol–water partition coefficient (Wildman–Crippen LogP) is 2.89. The maximum absolute atomic E-state index is 13.6. The monoisotopic (exact) mass is 447 g/mol. The molecular formula is C18H18F5N5O3. The zero-order valence-electron chi connectivity index (χ0n) is 16.2. The van der Waals surface area contributed by atoms with Crippen LogP contribution >= 0.6 is 0 Å². The molecule has 2 N–H and O–H groups in total. The number of nitrogens with one attached hydrogen (secondary N) is 2. The topological polar surface area (TPSA) is 104 Å². The molecule has 4 rings (SSSR count). The third-order valence-electron chi connectivity index (χ3n) is 5.75. The van der Waals surface area contributed by atoms with Crippen LogP contribution in [0.1, 0.15) is 31.9 Å². The number of alkyl halides is 5. The van der Waals surface area contributed by atoms with E-state index >= 15 is 0 Å². The molecule has 2 aromatic rings. The Morgan fingerprint density at radius 3 is 2.61 bits per heavy atom. The number of amides is 1. The number of anilines is 1. The summed E-state index contributed by atoms with van der Waals surface area (Å²) < 4.78 is 70.5. The second kappa shape index (κ2) is 7.02. The Hall–Kier alpha value is -2.99. The molecule has 3 heterocycles. The largest absolute Gasteiger partial charge is 0.431 e. The quantitative estimate of drug-likeness (QED) is 0.684. The summed E-state index contributed by atoms with van der Waals surface area (Å²) in [5, 5.41) is 10.0. The van der Waals surface area contributed by atoms with Crippen LogP contribution < -0.4 is 10.9 Å². The molecule has 1 spiro atoms. The zero-order chi connectivity index (χ0) is 22.6. The molecule has 1 aliphatic heterocycles. The number of likely N-dealkylation sites (tertiary alicyclic amines) is 1. The third kappa shape index (κ3) is 3.76. The minimum absolute atomic E-state index is 0.0208. The van der Waals surface area contributed by atoms with Crippen molar-refractivity contribution < 1.29 is 31.2 Å². The van der Waals surface area contributed by atoms with Gasteiger partial charge in [-0.25, -0.2) is 8.78 Å². The summed E-state index contributed by atoms with van der Waals surface area (Å²) >= 11 is 0. The van der Waals surface area contributed by atoms with E-state index in [1.165, 1.54) is 4.90 Å². The van der Waals surface area contributed by atoms with E-state index in [1.54, 1.807) is 11.9 Å². The van der Waals surface area contributed by atoms with Crippen molar-refractivity contribution in [1.29, 1.82) is 0 Å². The molecule has 1 aliphatic carbocycles. The highest BCUT2D eigenvalue weighted by Crippen LogP contribution is 2.65. The molecule has 8 nitrogen and oxygen atoms in total. The number of nitrogens with zero attached hydrogens (tertiary/aromatic N) is 3. The number of carbonyl (C=O) groups excluding carboxylic acids is 1. The molecule has 2 atom stereocenters. The minimum Gasteiger partial charge on any atom is -0.403 e. The Kier molecular flexibility index (Phi) is 4.81. The first-order valence-electron chi connectivity index (χ1n) is 9.53. The minimum atomic E-state index is -4.72. The SMILES string of the molecule is CC[C@H](Nc1nnc(-c2ccc(C(F)(F)F)[nH]c2=O)o1)C(=O)N1CC[C@]2(C1)CC2(F)F. The lowest BCUT2D eigenvalue weighted by Crippen LogP contribution is -2.42. The van der Waals surface area contributed by atoms with Gasteiger partial charge in [0.1, 0.15) is 17.3 Å². The van der Waals surface area contributed by atoms with Gasteiger partial charge in [-0.1, -0.05) is 12.0 Å². The van der Waals surface area contributed by atoms with Gasteiger partial charge >= 0.3 is 12.2 Å². The third-order valence-corrected chi connectivity index (χ3v) is 5.75. The van der Waals surface area contributed by atoms with E-state index in [2.05, 4.69) is 15.5 Å². The van der Waals surface area contributed by atoms with Crippen LogP contribution in [0.15, 0.2) is 21.3 Å². The van der Waals surface area contributed by atoms with E-state index in [0.29, 0.717) is 6.07 Å². The molecule has 168 valence electrons. The Morgan fingerprint density at radius 2 is 2.06 bits per heavy atom. The van der Waals surface area contributed by atoms with Crippen LogP contribution in [0.2, 0.25) is 0 Å². The average Bonchev–Trinajstić information content (AvgIpc) is 3.07. The Bertz CT molecular complexity index is 1070. The van der Waals surface area contributed by atoms with Gasteiger partial charge < -0.3 is 19.6 Å². The van der Waals surface area contributed by atoms with E-state index in [-0.39, 0.29) is 49.8 Å². The van der Waals surface area contributed by atoms with Gasteiger partial charge in [0, 0.05) is 19.5 Å². The number of carbonyl (C=O) groups is 1. The number of H-pyrrole nitrogens is 1. The van der Waals surface area contributed by atoms with Crippen LogP contribution in [0.3, 0.4) is 0 Å². The number of hydrogen-bond donors (Lipinski definition) is 2. The van der Waals surface area contributed by atoms with Crippen molar-refractivity contribution in [1.82, 2.24) is 20.1 Å². The number of halogens is 5. The van der Waals surface area contributed by atoms with Gasteiger partial charge in [0.05, 0.1) is 5.41 Å². The van der Waals surface area contributed by atoms with Crippen molar-refractivity contribution in [2.45, 2.75) is 44.3 Å². The van der Waals surface area contributed by atoms with Crippen LogP contribution in [0, 0.1) is 5.41 Å². The van der Waals surface area contributed by atoms with E-state index in [9.17, 15) is 31.5 Å². The molecule has 2 aliphatic rings. The lowest BCUT2D eigenvalue weighted by atomic mass is 10.1. The highest BCUT2D eigenvalue weighted by atomic mass is 19.4. The lowest BCUT2D eigenvalue weighted by molar-refractivity contribution is -0.141. The van der Waals surface area contributed by atoms with Crippen molar-refractivity contribution in [2.75, 3.05) is 18.4 Å². The van der Waals surface area contributed by atoms with Crippen molar-refractivity contribution >= 4 is 11.9 Å². The number of pyridine rings is 1. The fraction of sp³-hybridized carbons (Fsp3) is 0.556. The standard InChI is InChI=1S/C18H18F5N5O3/c1-2-10(14(30)28-6-5-16(8-28)7-17(16,19)20)24-15-27-26-13(31-15)9-3-4-11(18(21,22)23)25-12(9)29/h3-4,10H,2,5-8H2,1H3,(H,24,27)(H,25,29)/t10-,16+/m0/s1. The van der Waals surface area contributed by atoms with E-state index < -0.39 is 40.7 Å². The second-order valence-electron chi connectivity index (χ2n) is 7.80. The number of hydrogen-bond acceptors (Lipinski definition) is 6. The van der Waals surface area contributed by atoms with Crippen LogP contribution in [0.25, 0.3) is 11.5 Å². The molecule has 13 heteroatoms. The molecule has 0 radical (unpaired) electrons. The highest BCUT2D eigenvalue weighted by molar-refractivity contribution is 5.84. The fourth-order valence-electron chi connectivity index (χ4n) is 3.79. The summed E-state index contributed by atoms with van der Waals surface area (Å²) in [6, 6.07) is 0.520. The summed E-state index contributed by atoms with van der Waals surface area (Å²) in [6.07, 6.45) is -4.41. The smallest absolute Gasteiger partial charge is 0.403 e. The van der Waals surface area contributed by atoms with Crippen LogP contribution in [-0.4, -0.2) is 51.0 Å². The number of rotatable bonds is 5. The van der Waals surface area contributed by atoms with E-state index in [1.807, 2.05) is 0 Å². The van der Waals surface area contributed by atoms with Gasteiger partial charge in [0.15, 0.2) is 0 Å². The van der Waals surface area contributed by atoms with Gasteiger partial charge in [-0.15, -0.1) is 5.10 Å². The second-order valence-corrected chi connectivity index (χ2v) is 7.80. The maximum atomic E-state index is 13.6. The Balaban J connectivity index is 1.46. The summed E-state index contributed by atoms with van der Waals surface area (Å²) in [5.41, 5.74) is -3.69. The number of aromatic nitrogens is 3. The first-order valence-corrected chi connectivity index (χ1v) is 9.53. The molecule has 1 amide bonds. The summed E-state index contributed by atoms with van der Waals surface area (Å²) in [5.74, 6) is -3.47. The van der Waals surface area contributed by atoms with Gasteiger partial charge in [0.2, 0.25) is 5.91 Å². The first kappa shape index (κ1) is 21.2. The zero-order valence-corrected chi connectivity index (χ0v) is 16.2. The van der Waals surface area contributed by atoms with Crippen LogP contribution in [0.4, 0.5) is 28.0 Å². The van der Waals surface area contributed by atoms with Crippen LogP contribution in [-0.2, 0) is 11.0 Å². The molecule has 2 aromatic heterocycles. The fourth-order valence-corrected chi connectivity index (χ4v) is 3.79. The Labute approximate surface area is 171 Å². The Morgan fingerprint density at radius 1 is 1.35 bits per heavy atom. The lowest BCUT2D eigenvalue weighted by Gasteiger charge is -2.22. The maximum Gasteiger partial charge on any atom is 0.431 e. The van der Waals surface area contributed by atoms with Crippen molar-refractivity contribution in [3.05, 3.63) is 28.2 Å². The summed E-state index contributed by atoms with van der Waals surface area (Å²) in [4.78, 5) is 27.8. The van der Waals surface area contributed by atoms with Gasteiger partial charge in [-0.2, -0.15) is 13.2 Å². The van der Waals surface area contributed by atoms with Gasteiger partial charge in [0.25, 0.3) is 17.4 Å². The average molecular weight is 447 g/mol. The highest BCUT2D eigenvalue weighted by Gasteiger charge is 2.73. The van der Waals surface area contributed by atoms with E-state index in [4.69, 9.17) is 4.42 Å². The van der Waals surface area contributed by atoms with Crippen LogP contribution in [0.5, 0.6) is 0 Å². The molecule has 0 bridgehead atoms. The van der Waals surface area contributed by atoms with Crippen molar-refractivity contribution in [3.63, 3.8) is 0 Å². The molecule has 1 saturated heterocycles. The predicted molar refractivity (Wildman–Crippen MR) is 96.3 cm³/mol. The van der Waals surface area contributed by atoms with Crippen molar-refractivity contribution in [2.24, 2.45) is 5.41 Å². The molecule has 0 aromatic carbocycles. The molecule has 31 heavy (non-hydrogen) atoms. The normalized spacial score (nSPS) is 23.2. The first-order chi connectivity index (χ1) is 14.5.